The number of hydrogen-bond donors (Lipinski definition) is 3. The quantitative estimate of drug-likeness (QED) is 0.740. The van der Waals surface area contributed by atoms with Gasteiger partial charge in [-0.05, 0) is 17.5 Å². The van der Waals surface area contributed by atoms with Crippen LogP contribution in [-0.2, 0) is 6.54 Å². The Morgan fingerprint density at radius 2 is 2.24 bits per heavy atom. The summed E-state index contributed by atoms with van der Waals surface area (Å²) in [4.78, 5) is 26.5. The van der Waals surface area contributed by atoms with Gasteiger partial charge in [-0.3, -0.25) is 9.59 Å². The third-order valence-corrected chi connectivity index (χ3v) is 3.55. The van der Waals surface area contributed by atoms with E-state index in [1.54, 1.807) is 6.07 Å². The van der Waals surface area contributed by atoms with Gasteiger partial charge in [-0.15, -0.1) is 11.3 Å². The summed E-state index contributed by atoms with van der Waals surface area (Å²) < 4.78 is 0. The molecule has 0 unspecified atom stereocenters. The first-order valence-corrected chi connectivity index (χ1v) is 7.22. The molecule has 0 fully saturated rings. The van der Waals surface area contributed by atoms with Crippen molar-refractivity contribution in [3.63, 3.8) is 0 Å². The molecule has 0 aliphatic rings. The number of aliphatic hydroxyl groups is 1. The Labute approximate surface area is 125 Å². The Balaban J connectivity index is 2.01. The molecule has 0 bridgehead atoms. The third-order valence-electron chi connectivity index (χ3n) is 2.63. The van der Waals surface area contributed by atoms with E-state index in [-0.39, 0.29) is 23.8 Å². The maximum Gasteiger partial charge on any atom is 0.268 e. The molecule has 0 aromatic carbocycles. The number of aliphatic hydroxyl groups excluding tert-OH is 1. The van der Waals surface area contributed by atoms with E-state index in [1.165, 1.54) is 23.5 Å². The molecule has 0 spiro atoms. The van der Waals surface area contributed by atoms with E-state index in [0.717, 1.165) is 10.4 Å². The minimum absolute atomic E-state index is 0.0323. The maximum absolute atomic E-state index is 11.9. The first-order chi connectivity index (χ1) is 10.2. The summed E-state index contributed by atoms with van der Waals surface area (Å²) in [5.41, 5.74) is 0.761. The van der Waals surface area contributed by atoms with Crippen LogP contribution < -0.4 is 10.9 Å². The van der Waals surface area contributed by atoms with Gasteiger partial charge in [0.2, 0.25) is 5.56 Å². The highest BCUT2D eigenvalue weighted by Crippen LogP contribution is 2.15. The van der Waals surface area contributed by atoms with Gasteiger partial charge in [0.05, 0.1) is 13.2 Å². The number of nitrogens with one attached hydrogen (secondary N) is 2. The summed E-state index contributed by atoms with van der Waals surface area (Å²) in [5.74, 6) is 5.47. The molecule has 2 rings (SSSR count). The van der Waals surface area contributed by atoms with Crippen molar-refractivity contribution < 1.29 is 9.90 Å². The molecule has 2 heterocycles. The number of carbonyl (C=O) groups is 1. The van der Waals surface area contributed by atoms with Crippen LogP contribution in [0.5, 0.6) is 0 Å². The molecule has 2 aromatic rings. The van der Waals surface area contributed by atoms with Crippen molar-refractivity contribution in [3.8, 4) is 11.8 Å². The van der Waals surface area contributed by atoms with Gasteiger partial charge in [0.1, 0.15) is 5.69 Å². The van der Waals surface area contributed by atoms with Crippen molar-refractivity contribution in [3.05, 3.63) is 56.1 Å². The molecule has 0 radical (unpaired) electrons. The number of hydrogen-bond acceptors (Lipinski definition) is 4. The lowest BCUT2D eigenvalue weighted by Crippen LogP contribution is -2.25. The number of aromatic amines is 1. The molecule has 0 atom stereocenters. The second-order valence-corrected chi connectivity index (χ2v) is 5.14. The van der Waals surface area contributed by atoms with Gasteiger partial charge in [0, 0.05) is 22.9 Å². The molecule has 1 amide bonds. The predicted molar refractivity (Wildman–Crippen MR) is 81.1 cm³/mol. The van der Waals surface area contributed by atoms with Crippen molar-refractivity contribution in [1.29, 1.82) is 0 Å². The Hall–Kier alpha value is -2.36. The van der Waals surface area contributed by atoms with Crippen LogP contribution in [0.25, 0.3) is 0 Å². The predicted octanol–water partition coefficient (Wildman–Crippen LogP) is 1.10. The summed E-state index contributed by atoms with van der Waals surface area (Å²) in [6.45, 7) is 0.376. The maximum atomic E-state index is 11.9. The number of pyridine rings is 1. The molecule has 108 valence electrons. The number of carbonyl (C=O) groups excluding carboxylic acids is 1. The lowest BCUT2D eigenvalue weighted by Gasteiger charge is -2.04. The van der Waals surface area contributed by atoms with Gasteiger partial charge >= 0.3 is 0 Å². The summed E-state index contributed by atoms with van der Waals surface area (Å²) in [5, 5.41) is 13.3. The largest absolute Gasteiger partial charge is 0.395 e. The molecular weight excluding hydrogens is 288 g/mol. The van der Waals surface area contributed by atoms with Gasteiger partial charge < -0.3 is 15.4 Å². The summed E-state index contributed by atoms with van der Waals surface area (Å²) >= 11 is 1.50. The second kappa shape index (κ2) is 7.43. The van der Waals surface area contributed by atoms with E-state index in [1.807, 2.05) is 11.4 Å². The molecule has 21 heavy (non-hydrogen) atoms. The van der Waals surface area contributed by atoms with Crippen LogP contribution >= 0.6 is 11.3 Å². The van der Waals surface area contributed by atoms with Crippen LogP contribution in [0.15, 0.2) is 34.4 Å². The minimum atomic E-state index is -0.338. The highest BCUT2D eigenvalue weighted by molar-refractivity contribution is 7.10. The molecule has 0 saturated heterocycles. The molecule has 2 aromatic heterocycles. The first kappa shape index (κ1) is 15.0. The molecule has 0 saturated carbocycles. The standard InChI is InChI=1S/C15H14N2O3S/c18-8-2-1-4-11-7-9-21-13(11)10-16-15(20)12-5-3-6-14(19)17-12/h3,5-7,9,18H,2,8,10H2,(H,16,20)(H,17,19). The fraction of sp³-hybridized carbons (Fsp3) is 0.200. The topological polar surface area (TPSA) is 82.2 Å². The lowest BCUT2D eigenvalue weighted by molar-refractivity contribution is 0.0946. The van der Waals surface area contributed by atoms with E-state index < -0.39 is 0 Å². The summed E-state index contributed by atoms with van der Waals surface area (Å²) in [6.07, 6.45) is 0.424. The Morgan fingerprint density at radius 3 is 3.00 bits per heavy atom. The van der Waals surface area contributed by atoms with Gasteiger partial charge in [-0.25, -0.2) is 0 Å². The number of H-pyrrole nitrogens is 1. The van der Waals surface area contributed by atoms with Crippen molar-refractivity contribution in [2.45, 2.75) is 13.0 Å². The Morgan fingerprint density at radius 1 is 1.38 bits per heavy atom. The average Bonchev–Trinajstić information content (AvgIpc) is 2.92. The van der Waals surface area contributed by atoms with Crippen LogP contribution in [0.3, 0.4) is 0 Å². The highest BCUT2D eigenvalue weighted by atomic mass is 32.1. The van der Waals surface area contributed by atoms with E-state index in [9.17, 15) is 9.59 Å². The molecule has 5 nitrogen and oxygen atoms in total. The number of amides is 1. The van der Waals surface area contributed by atoms with Crippen molar-refractivity contribution in [2.75, 3.05) is 6.61 Å². The first-order valence-electron chi connectivity index (χ1n) is 6.34. The SMILES string of the molecule is O=C(NCc1sccc1C#CCCO)c1cccc(=O)[nH]1. The normalized spacial score (nSPS) is 9.76. The molecule has 0 aliphatic carbocycles. The van der Waals surface area contributed by atoms with E-state index in [0.29, 0.717) is 13.0 Å². The summed E-state index contributed by atoms with van der Waals surface area (Å²) in [6, 6.07) is 6.31. The zero-order valence-corrected chi connectivity index (χ0v) is 12.0. The molecule has 6 heteroatoms. The second-order valence-electron chi connectivity index (χ2n) is 4.14. The fourth-order valence-electron chi connectivity index (χ4n) is 1.64. The van der Waals surface area contributed by atoms with Gasteiger partial charge in [-0.1, -0.05) is 17.9 Å². The van der Waals surface area contributed by atoms with Crippen LogP contribution in [-0.4, -0.2) is 22.6 Å². The lowest BCUT2D eigenvalue weighted by atomic mass is 10.2. The van der Waals surface area contributed by atoms with Crippen molar-refractivity contribution in [2.24, 2.45) is 0 Å². The minimum Gasteiger partial charge on any atom is -0.395 e. The molecule has 0 aliphatic heterocycles. The Kier molecular flexibility index (Phi) is 5.32. The average molecular weight is 302 g/mol. The van der Waals surface area contributed by atoms with Gasteiger partial charge in [0.15, 0.2) is 0 Å². The number of rotatable bonds is 4. The summed E-state index contributed by atoms with van der Waals surface area (Å²) in [7, 11) is 0. The smallest absolute Gasteiger partial charge is 0.268 e. The van der Waals surface area contributed by atoms with E-state index in [2.05, 4.69) is 22.1 Å². The van der Waals surface area contributed by atoms with Gasteiger partial charge in [0.25, 0.3) is 5.91 Å². The van der Waals surface area contributed by atoms with Crippen LogP contribution in [0, 0.1) is 11.8 Å². The highest BCUT2D eigenvalue weighted by Gasteiger charge is 2.08. The van der Waals surface area contributed by atoms with Gasteiger partial charge in [-0.2, -0.15) is 0 Å². The molecule has 3 N–H and O–H groups in total. The zero-order valence-electron chi connectivity index (χ0n) is 11.2. The van der Waals surface area contributed by atoms with Crippen LogP contribution in [0.1, 0.15) is 27.3 Å². The fourth-order valence-corrected chi connectivity index (χ4v) is 2.41. The van der Waals surface area contributed by atoms with Crippen LogP contribution in [0.4, 0.5) is 0 Å². The van der Waals surface area contributed by atoms with Crippen LogP contribution in [0.2, 0.25) is 0 Å². The monoisotopic (exact) mass is 302 g/mol. The zero-order chi connectivity index (χ0) is 15.1. The van der Waals surface area contributed by atoms with Crippen molar-refractivity contribution in [1.82, 2.24) is 10.3 Å². The molecular formula is C15H14N2O3S. The van der Waals surface area contributed by atoms with E-state index >= 15 is 0 Å². The number of aromatic nitrogens is 1. The van der Waals surface area contributed by atoms with E-state index in [4.69, 9.17) is 5.11 Å². The van der Waals surface area contributed by atoms with Crippen molar-refractivity contribution >= 4 is 17.2 Å². The third kappa shape index (κ3) is 4.31. The Bertz CT molecular complexity index is 737. The number of thiophene rings is 1.